The van der Waals surface area contributed by atoms with E-state index in [-0.39, 0.29) is 9.92 Å². The van der Waals surface area contributed by atoms with Gasteiger partial charge in [-0.2, -0.15) is 18.3 Å². The van der Waals surface area contributed by atoms with E-state index in [2.05, 4.69) is 5.10 Å². The maximum atomic E-state index is 13.4. The monoisotopic (exact) mass is 491 g/mol. The second-order valence-corrected chi connectivity index (χ2v) is 10.5. The maximum absolute atomic E-state index is 13.4. The van der Waals surface area contributed by atoms with E-state index in [9.17, 15) is 36.3 Å². The number of likely N-dealkylation sites (tertiary alicyclic amines) is 1. The number of halogens is 4. The topological polar surface area (TPSA) is 110 Å². The van der Waals surface area contributed by atoms with Crippen LogP contribution in [0.25, 0.3) is 5.69 Å². The highest BCUT2D eigenvalue weighted by Gasteiger charge is 2.70. The molecule has 1 aromatic carbocycles. The molecule has 2 atom stereocenters. The Labute approximate surface area is 185 Å². The van der Waals surface area contributed by atoms with Crippen molar-refractivity contribution in [3.8, 4) is 5.69 Å². The van der Waals surface area contributed by atoms with Crippen LogP contribution in [-0.2, 0) is 19.4 Å². The van der Waals surface area contributed by atoms with Crippen LogP contribution in [0.4, 0.5) is 13.2 Å². The second kappa shape index (κ2) is 7.48. The molecule has 0 unspecified atom stereocenters. The summed E-state index contributed by atoms with van der Waals surface area (Å²) in [5.74, 6) is -2.95. The summed E-state index contributed by atoms with van der Waals surface area (Å²) in [6.07, 6.45) is -3.13. The van der Waals surface area contributed by atoms with Gasteiger partial charge in [-0.05, 0) is 43.5 Å². The number of carbonyl (C=O) groups is 2. The number of hydrogen-bond acceptors (Lipinski definition) is 5. The molecule has 2 heterocycles. The average Bonchev–Trinajstić information content (AvgIpc) is 3.14. The zero-order valence-corrected chi connectivity index (χ0v) is 17.9. The predicted molar refractivity (Wildman–Crippen MR) is 105 cm³/mol. The summed E-state index contributed by atoms with van der Waals surface area (Å²) >= 11 is 6.18. The molecule has 0 bridgehead atoms. The summed E-state index contributed by atoms with van der Waals surface area (Å²) in [5.41, 5.74) is -2.16. The Morgan fingerprint density at radius 2 is 1.94 bits per heavy atom. The fraction of sp³-hybridized carbons (Fsp3) is 0.421. The van der Waals surface area contributed by atoms with Crippen LogP contribution in [0.1, 0.15) is 19.3 Å². The lowest BCUT2D eigenvalue weighted by atomic mass is 10.0. The molecule has 1 aromatic heterocycles. The lowest BCUT2D eigenvalue weighted by molar-refractivity contribution is -0.199. The molecule has 1 saturated heterocycles. The van der Waals surface area contributed by atoms with Crippen LogP contribution in [0.3, 0.4) is 0 Å². The van der Waals surface area contributed by atoms with E-state index < -0.39 is 70.4 Å². The Morgan fingerprint density at radius 1 is 1.25 bits per heavy atom. The summed E-state index contributed by atoms with van der Waals surface area (Å²) in [6.45, 7) is -0.660. The molecular formula is C19H17ClF3N3O5S. The number of amides is 1. The van der Waals surface area contributed by atoms with Crippen molar-refractivity contribution in [3.63, 3.8) is 0 Å². The Balaban J connectivity index is 1.64. The minimum atomic E-state index is -4.84. The van der Waals surface area contributed by atoms with E-state index in [1.54, 1.807) is 12.3 Å². The highest BCUT2D eigenvalue weighted by Crippen LogP contribution is 2.59. The summed E-state index contributed by atoms with van der Waals surface area (Å²) in [5, 5.41) is 11.9. The first-order valence-corrected chi connectivity index (χ1v) is 11.4. The molecule has 0 radical (unpaired) electrons. The maximum Gasteiger partial charge on any atom is 0.403 e. The van der Waals surface area contributed by atoms with E-state index in [0.29, 0.717) is 10.6 Å². The number of rotatable bonds is 5. The molecule has 172 valence electrons. The van der Waals surface area contributed by atoms with Crippen molar-refractivity contribution >= 4 is 33.3 Å². The molecule has 8 nitrogen and oxygen atoms in total. The first-order valence-electron chi connectivity index (χ1n) is 9.52. The molecule has 4 rings (SSSR count). The molecule has 32 heavy (non-hydrogen) atoms. The minimum absolute atomic E-state index is 0.149. The SMILES string of the molecule is O=C(O)[C@@H]1C[C@@H](S(=O)(=O)c2ccc(-n3cccn3)cc2Cl)CN1C(=O)C1(C(F)(F)F)CC1. The summed E-state index contributed by atoms with van der Waals surface area (Å²) in [6, 6.07) is 4.01. The molecule has 1 aliphatic heterocycles. The third kappa shape index (κ3) is 3.54. The molecular weight excluding hydrogens is 475 g/mol. The van der Waals surface area contributed by atoms with Crippen molar-refractivity contribution in [3.05, 3.63) is 41.7 Å². The number of aromatic nitrogens is 2. The van der Waals surface area contributed by atoms with Crippen molar-refractivity contribution in [1.29, 1.82) is 0 Å². The molecule has 2 aromatic rings. The third-order valence-corrected chi connectivity index (χ3v) is 8.55. The zero-order valence-electron chi connectivity index (χ0n) is 16.3. The van der Waals surface area contributed by atoms with Crippen molar-refractivity contribution in [2.24, 2.45) is 5.41 Å². The van der Waals surface area contributed by atoms with E-state index in [0.717, 1.165) is 0 Å². The molecule has 1 saturated carbocycles. The number of carbonyl (C=O) groups excluding carboxylic acids is 1. The minimum Gasteiger partial charge on any atom is -0.480 e. The van der Waals surface area contributed by atoms with Crippen LogP contribution in [0, 0.1) is 5.41 Å². The van der Waals surface area contributed by atoms with Gasteiger partial charge < -0.3 is 10.0 Å². The predicted octanol–water partition coefficient (Wildman–Crippen LogP) is 2.70. The van der Waals surface area contributed by atoms with Crippen LogP contribution >= 0.6 is 11.6 Å². The molecule has 1 aliphatic carbocycles. The van der Waals surface area contributed by atoms with Crippen LogP contribution in [-0.4, -0.2) is 64.1 Å². The van der Waals surface area contributed by atoms with Gasteiger partial charge in [-0.3, -0.25) is 4.79 Å². The lowest BCUT2D eigenvalue weighted by Crippen LogP contribution is -2.48. The van der Waals surface area contributed by atoms with Crippen LogP contribution in [0.2, 0.25) is 5.02 Å². The molecule has 1 amide bonds. The normalized spacial score (nSPS) is 22.7. The molecule has 1 N–H and O–H groups in total. The Kier molecular flexibility index (Phi) is 5.28. The van der Waals surface area contributed by atoms with E-state index in [1.807, 2.05) is 0 Å². The molecule has 2 aliphatic rings. The number of benzene rings is 1. The fourth-order valence-electron chi connectivity index (χ4n) is 3.96. The van der Waals surface area contributed by atoms with Gasteiger partial charge in [0, 0.05) is 18.9 Å². The van der Waals surface area contributed by atoms with Gasteiger partial charge in [-0.1, -0.05) is 11.6 Å². The number of aliphatic carboxylic acids is 1. The fourth-order valence-corrected chi connectivity index (χ4v) is 6.20. The Morgan fingerprint density at radius 3 is 2.44 bits per heavy atom. The highest BCUT2D eigenvalue weighted by molar-refractivity contribution is 7.92. The van der Waals surface area contributed by atoms with Gasteiger partial charge in [0.1, 0.15) is 11.5 Å². The van der Waals surface area contributed by atoms with Crippen molar-refractivity contribution in [1.82, 2.24) is 14.7 Å². The number of carboxylic acid groups (broad SMARTS) is 1. The molecule has 0 spiro atoms. The van der Waals surface area contributed by atoms with Gasteiger partial charge in [0.2, 0.25) is 5.91 Å². The van der Waals surface area contributed by atoms with E-state index in [4.69, 9.17) is 11.6 Å². The summed E-state index contributed by atoms with van der Waals surface area (Å²) in [4.78, 5) is 24.6. The quantitative estimate of drug-likeness (QED) is 0.688. The van der Waals surface area contributed by atoms with Crippen LogP contribution in [0.5, 0.6) is 0 Å². The van der Waals surface area contributed by atoms with E-state index in [1.165, 1.54) is 29.1 Å². The standard InChI is InChI=1S/C19H17ClF3N3O5S/c20-13-8-11(26-7-1-6-24-26)2-3-15(13)32(30,31)12-9-14(16(27)28)25(10-12)17(29)18(4-5-18)19(21,22)23/h1-3,6-8,12,14H,4-5,9-10H2,(H,27,28)/t12-,14+/m1/s1. The second-order valence-electron chi connectivity index (χ2n) is 7.86. The Bertz CT molecular complexity index is 1180. The number of carboxylic acids is 1. The lowest BCUT2D eigenvalue weighted by Gasteiger charge is -2.28. The number of hydrogen-bond donors (Lipinski definition) is 1. The third-order valence-electron chi connectivity index (χ3n) is 5.94. The summed E-state index contributed by atoms with van der Waals surface area (Å²) in [7, 11) is -4.25. The van der Waals surface area contributed by atoms with E-state index >= 15 is 0 Å². The van der Waals surface area contributed by atoms with Crippen molar-refractivity contribution in [2.75, 3.05) is 6.54 Å². The number of nitrogens with zero attached hydrogens (tertiary/aromatic N) is 3. The summed E-state index contributed by atoms with van der Waals surface area (Å²) < 4.78 is 68.0. The average molecular weight is 492 g/mol. The zero-order chi connectivity index (χ0) is 23.5. The van der Waals surface area contributed by atoms with Gasteiger partial charge in [0.05, 0.1) is 20.9 Å². The van der Waals surface area contributed by atoms with Gasteiger partial charge in [-0.15, -0.1) is 0 Å². The number of sulfone groups is 1. The number of alkyl halides is 3. The van der Waals surface area contributed by atoms with Crippen LogP contribution < -0.4 is 0 Å². The first kappa shape index (κ1) is 22.6. The van der Waals surface area contributed by atoms with Crippen LogP contribution in [0.15, 0.2) is 41.6 Å². The van der Waals surface area contributed by atoms with Gasteiger partial charge in [0.15, 0.2) is 9.84 Å². The smallest absolute Gasteiger partial charge is 0.403 e. The largest absolute Gasteiger partial charge is 0.480 e. The molecule has 2 fully saturated rings. The van der Waals surface area contributed by atoms with Gasteiger partial charge >= 0.3 is 12.1 Å². The Hall–Kier alpha value is -2.60. The van der Waals surface area contributed by atoms with Crippen molar-refractivity contribution in [2.45, 2.75) is 41.6 Å². The van der Waals surface area contributed by atoms with Crippen molar-refractivity contribution < 1.29 is 36.3 Å². The molecule has 13 heteroatoms. The van der Waals surface area contributed by atoms with Gasteiger partial charge in [-0.25, -0.2) is 17.9 Å². The highest BCUT2D eigenvalue weighted by atomic mass is 35.5. The first-order chi connectivity index (χ1) is 14.9. The van der Waals surface area contributed by atoms with Gasteiger partial charge in [0.25, 0.3) is 0 Å².